The van der Waals surface area contributed by atoms with Gasteiger partial charge in [0.25, 0.3) is 0 Å². The summed E-state index contributed by atoms with van der Waals surface area (Å²) < 4.78 is 11.1. The molecule has 2 fully saturated rings. The number of esters is 1. The van der Waals surface area contributed by atoms with Gasteiger partial charge in [0.1, 0.15) is 5.60 Å². The van der Waals surface area contributed by atoms with E-state index in [2.05, 4.69) is 27.7 Å². The molecule has 2 aliphatic rings. The highest BCUT2D eigenvalue weighted by molar-refractivity contribution is 5.90. The normalized spacial score (nSPS) is 36.9. The standard InChI is InChI=1S/C16H20O3/c1-13(2)14(3,4)16(12(17)18-5)15(13,19-16)11-9-7-6-8-10-11/h6-10H,1-5H3. The number of fused-ring (bicyclic) bond motifs is 1. The summed E-state index contributed by atoms with van der Waals surface area (Å²) in [6, 6.07) is 9.99. The van der Waals surface area contributed by atoms with Gasteiger partial charge in [-0.15, -0.1) is 0 Å². The molecule has 1 saturated heterocycles. The van der Waals surface area contributed by atoms with Crippen LogP contribution in [-0.4, -0.2) is 18.7 Å². The Labute approximate surface area is 113 Å². The maximum atomic E-state index is 12.3. The van der Waals surface area contributed by atoms with Gasteiger partial charge in [-0.3, -0.25) is 0 Å². The van der Waals surface area contributed by atoms with Crippen LogP contribution in [0.2, 0.25) is 0 Å². The van der Waals surface area contributed by atoms with Crippen molar-refractivity contribution in [3.05, 3.63) is 35.9 Å². The highest BCUT2D eigenvalue weighted by Gasteiger charge is 2.98. The van der Waals surface area contributed by atoms with Crippen molar-refractivity contribution in [2.24, 2.45) is 10.8 Å². The van der Waals surface area contributed by atoms with Crippen LogP contribution in [0.15, 0.2) is 30.3 Å². The van der Waals surface area contributed by atoms with Gasteiger partial charge in [0, 0.05) is 10.8 Å². The lowest BCUT2D eigenvalue weighted by atomic mass is 9.39. The Morgan fingerprint density at radius 2 is 1.63 bits per heavy atom. The lowest BCUT2D eigenvalue weighted by Gasteiger charge is -2.57. The Morgan fingerprint density at radius 1 is 1.05 bits per heavy atom. The zero-order valence-electron chi connectivity index (χ0n) is 12.1. The molecule has 0 N–H and O–H groups in total. The third-order valence-corrected chi connectivity index (χ3v) is 5.74. The Kier molecular flexibility index (Phi) is 2.14. The predicted molar refractivity (Wildman–Crippen MR) is 71.5 cm³/mol. The van der Waals surface area contributed by atoms with Crippen LogP contribution < -0.4 is 0 Å². The number of carbonyl (C=O) groups excluding carboxylic acids is 1. The second-order valence-electron chi connectivity index (χ2n) is 6.57. The first-order valence-corrected chi connectivity index (χ1v) is 6.64. The van der Waals surface area contributed by atoms with Crippen molar-refractivity contribution in [3.63, 3.8) is 0 Å². The van der Waals surface area contributed by atoms with Gasteiger partial charge >= 0.3 is 5.97 Å². The van der Waals surface area contributed by atoms with Gasteiger partial charge in [-0.25, -0.2) is 4.79 Å². The number of benzene rings is 1. The molecule has 19 heavy (non-hydrogen) atoms. The van der Waals surface area contributed by atoms with Crippen LogP contribution >= 0.6 is 0 Å². The maximum absolute atomic E-state index is 12.3. The van der Waals surface area contributed by atoms with Gasteiger partial charge in [-0.05, 0) is 5.56 Å². The average Bonchev–Trinajstić information content (AvgIpc) is 3.10. The molecule has 0 aromatic heterocycles. The van der Waals surface area contributed by atoms with Crippen LogP contribution in [0.5, 0.6) is 0 Å². The lowest BCUT2D eigenvalue weighted by molar-refractivity contribution is -0.167. The van der Waals surface area contributed by atoms with E-state index in [4.69, 9.17) is 9.47 Å². The summed E-state index contributed by atoms with van der Waals surface area (Å²) >= 11 is 0. The minimum atomic E-state index is -0.834. The lowest BCUT2D eigenvalue weighted by Crippen LogP contribution is -2.68. The van der Waals surface area contributed by atoms with E-state index in [1.54, 1.807) is 0 Å². The molecule has 1 aromatic carbocycles. The van der Waals surface area contributed by atoms with Crippen molar-refractivity contribution < 1.29 is 14.3 Å². The third-order valence-electron chi connectivity index (χ3n) is 5.74. The van der Waals surface area contributed by atoms with Crippen LogP contribution in [0.1, 0.15) is 33.3 Å². The number of hydrogen-bond donors (Lipinski definition) is 0. The van der Waals surface area contributed by atoms with Crippen LogP contribution in [-0.2, 0) is 19.9 Å². The molecule has 3 rings (SSSR count). The van der Waals surface area contributed by atoms with E-state index in [1.807, 2.05) is 30.3 Å². The summed E-state index contributed by atoms with van der Waals surface area (Å²) in [5, 5.41) is 0. The highest BCUT2D eigenvalue weighted by Crippen LogP contribution is 2.86. The summed E-state index contributed by atoms with van der Waals surface area (Å²) in [4.78, 5) is 12.3. The quantitative estimate of drug-likeness (QED) is 0.606. The summed E-state index contributed by atoms with van der Waals surface area (Å²) in [6.07, 6.45) is 0. The highest BCUT2D eigenvalue weighted by atomic mass is 16.7. The molecule has 0 amide bonds. The van der Waals surface area contributed by atoms with E-state index in [1.165, 1.54) is 7.11 Å². The minimum Gasteiger partial charge on any atom is -0.467 e. The molecule has 3 heteroatoms. The number of rotatable bonds is 2. The molecular weight excluding hydrogens is 240 g/mol. The zero-order chi connectivity index (χ0) is 14.1. The number of carbonyl (C=O) groups is 1. The number of epoxide rings is 1. The number of methoxy groups -OCH3 is 1. The fraction of sp³-hybridized carbons (Fsp3) is 0.562. The van der Waals surface area contributed by atoms with E-state index in [9.17, 15) is 4.79 Å². The van der Waals surface area contributed by atoms with Gasteiger partial charge in [-0.1, -0.05) is 58.0 Å². The van der Waals surface area contributed by atoms with E-state index < -0.39 is 11.2 Å². The SMILES string of the molecule is COC(=O)C12OC1(c1ccccc1)C(C)(C)C2(C)C. The van der Waals surface area contributed by atoms with E-state index in [-0.39, 0.29) is 16.8 Å². The van der Waals surface area contributed by atoms with Crippen molar-refractivity contribution in [2.75, 3.05) is 7.11 Å². The maximum Gasteiger partial charge on any atom is 0.342 e. The molecule has 1 saturated carbocycles. The molecule has 1 aliphatic heterocycles. The van der Waals surface area contributed by atoms with Crippen molar-refractivity contribution >= 4 is 5.97 Å². The number of hydrogen-bond acceptors (Lipinski definition) is 3. The fourth-order valence-corrected chi connectivity index (χ4v) is 4.04. The zero-order valence-corrected chi connectivity index (χ0v) is 12.1. The van der Waals surface area contributed by atoms with Gasteiger partial charge < -0.3 is 9.47 Å². The average molecular weight is 260 g/mol. The molecule has 2 atom stereocenters. The van der Waals surface area contributed by atoms with Crippen LogP contribution in [0, 0.1) is 10.8 Å². The third kappa shape index (κ3) is 0.971. The molecule has 0 spiro atoms. The fourth-order valence-electron chi connectivity index (χ4n) is 4.04. The largest absolute Gasteiger partial charge is 0.467 e. The molecule has 1 heterocycles. The van der Waals surface area contributed by atoms with Gasteiger partial charge in [0.2, 0.25) is 5.60 Å². The first kappa shape index (κ1) is 12.7. The molecule has 1 aliphatic carbocycles. The summed E-state index contributed by atoms with van der Waals surface area (Å²) in [6.45, 7) is 8.48. The van der Waals surface area contributed by atoms with Crippen molar-refractivity contribution in [2.45, 2.75) is 38.9 Å². The Morgan fingerprint density at radius 3 is 2.16 bits per heavy atom. The van der Waals surface area contributed by atoms with Gasteiger partial charge in [0.15, 0.2) is 0 Å². The van der Waals surface area contributed by atoms with Crippen molar-refractivity contribution in [1.29, 1.82) is 0 Å². The molecule has 3 nitrogen and oxygen atoms in total. The second kappa shape index (κ2) is 3.21. The van der Waals surface area contributed by atoms with Crippen LogP contribution in [0.25, 0.3) is 0 Å². The van der Waals surface area contributed by atoms with Crippen LogP contribution in [0.3, 0.4) is 0 Å². The smallest absolute Gasteiger partial charge is 0.342 e. The van der Waals surface area contributed by atoms with E-state index >= 15 is 0 Å². The summed E-state index contributed by atoms with van der Waals surface area (Å²) in [5.74, 6) is -0.263. The number of ether oxygens (including phenoxy) is 2. The molecule has 2 unspecified atom stereocenters. The van der Waals surface area contributed by atoms with Crippen LogP contribution in [0.4, 0.5) is 0 Å². The summed E-state index contributed by atoms with van der Waals surface area (Å²) in [5.41, 5.74) is -0.708. The second-order valence-corrected chi connectivity index (χ2v) is 6.57. The van der Waals surface area contributed by atoms with Gasteiger partial charge in [0.05, 0.1) is 7.11 Å². The summed E-state index contributed by atoms with van der Waals surface area (Å²) in [7, 11) is 1.43. The van der Waals surface area contributed by atoms with Gasteiger partial charge in [-0.2, -0.15) is 0 Å². The predicted octanol–water partition coefficient (Wildman–Crippen LogP) is 2.89. The molecule has 0 bridgehead atoms. The monoisotopic (exact) mass is 260 g/mol. The minimum absolute atomic E-state index is 0.129. The first-order chi connectivity index (χ1) is 8.79. The molecular formula is C16H20O3. The van der Waals surface area contributed by atoms with Crippen molar-refractivity contribution in [3.8, 4) is 0 Å². The Balaban J connectivity index is 2.16. The van der Waals surface area contributed by atoms with E-state index in [0.717, 1.165) is 5.56 Å². The Hall–Kier alpha value is -1.35. The molecule has 0 radical (unpaired) electrons. The molecule has 1 aromatic rings. The molecule has 102 valence electrons. The van der Waals surface area contributed by atoms with E-state index in [0.29, 0.717) is 0 Å². The topological polar surface area (TPSA) is 38.8 Å². The van der Waals surface area contributed by atoms with Crippen molar-refractivity contribution in [1.82, 2.24) is 0 Å². The first-order valence-electron chi connectivity index (χ1n) is 6.64. The Bertz CT molecular complexity index is 546.